The molecule has 7 nitrogen and oxygen atoms in total. The molecule has 2 aromatic carbocycles. The van der Waals surface area contributed by atoms with Crippen LogP contribution in [0.25, 0.3) is 0 Å². The van der Waals surface area contributed by atoms with Gasteiger partial charge >= 0.3 is 12.1 Å². The van der Waals surface area contributed by atoms with Crippen molar-refractivity contribution in [2.75, 3.05) is 6.61 Å². The van der Waals surface area contributed by atoms with E-state index in [2.05, 4.69) is 70.1 Å². The first-order valence-corrected chi connectivity index (χ1v) is 17.8. The first-order valence-electron chi connectivity index (χ1n) is 9.76. The van der Waals surface area contributed by atoms with Gasteiger partial charge in [-0.15, -0.1) is 0 Å². The molecule has 0 bridgehead atoms. The van der Waals surface area contributed by atoms with Crippen LogP contribution in [0.2, 0.25) is 25.7 Å². The first-order chi connectivity index (χ1) is 15.3. The number of hydrogen-bond donors (Lipinski definition) is 3. The van der Waals surface area contributed by atoms with Gasteiger partial charge in [0.25, 0.3) is 0 Å². The van der Waals surface area contributed by atoms with Gasteiger partial charge in [-0.05, 0) is 126 Å². The molecule has 1 atom stereocenters. The largest absolute Gasteiger partial charge is 0.506 e. The molecule has 3 N–H and O–H groups in total. The number of amides is 1. The number of phenols is 1. The molecule has 0 radical (unpaired) electrons. The van der Waals surface area contributed by atoms with Crippen LogP contribution in [0, 0.1) is 14.3 Å². The third-order valence-electron chi connectivity index (χ3n) is 4.38. The summed E-state index contributed by atoms with van der Waals surface area (Å²) in [5.41, 5.74) is 0.751. The lowest BCUT2D eigenvalue weighted by Gasteiger charge is -2.18. The Balaban J connectivity index is 2.12. The summed E-state index contributed by atoms with van der Waals surface area (Å²) in [6.45, 7) is 6.81. The van der Waals surface area contributed by atoms with Gasteiger partial charge in [0, 0.05) is 14.5 Å². The molecule has 0 heterocycles. The predicted octanol–water partition coefficient (Wildman–Crippen LogP) is 6.66. The lowest BCUT2D eigenvalue weighted by molar-refractivity contribution is -0.139. The molecule has 1 amide bonds. The van der Waals surface area contributed by atoms with Crippen LogP contribution in [0.15, 0.2) is 24.3 Å². The molecule has 180 valence electrons. The molecule has 0 aliphatic rings. The summed E-state index contributed by atoms with van der Waals surface area (Å²) in [5.74, 6) is 0.324. The Labute approximate surface area is 248 Å². The maximum absolute atomic E-state index is 12.1. The Morgan fingerprint density at radius 2 is 1.55 bits per heavy atom. The Kier molecular flexibility index (Phi) is 11.3. The minimum Gasteiger partial charge on any atom is -0.506 e. The highest BCUT2D eigenvalue weighted by atomic mass is 127. The van der Waals surface area contributed by atoms with Gasteiger partial charge in [0.1, 0.15) is 17.5 Å². The van der Waals surface area contributed by atoms with Crippen LogP contribution in [-0.2, 0) is 16.0 Å². The molecule has 0 saturated heterocycles. The number of phenolic OH excluding ortho intramolecular Hbond substituents is 1. The van der Waals surface area contributed by atoms with Crippen LogP contribution >= 0.6 is 90.4 Å². The quantitative estimate of drug-likeness (QED) is 0.192. The minimum absolute atomic E-state index is 0.111. The van der Waals surface area contributed by atoms with Crippen molar-refractivity contribution in [3.63, 3.8) is 0 Å². The highest BCUT2D eigenvalue weighted by molar-refractivity contribution is 14.1. The van der Waals surface area contributed by atoms with Gasteiger partial charge in [-0.2, -0.15) is 0 Å². The summed E-state index contributed by atoms with van der Waals surface area (Å²) in [6.07, 6.45) is -0.610. The summed E-state index contributed by atoms with van der Waals surface area (Å²) in [4.78, 5) is 23.8. The van der Waals surface area contributed by atoms with E-state index < -0.39 is 26.2 Å². The average Bonchev–Trinajstić information content (AvgIpc) is 2.67. The molecule has 0 fully saturated rings. The summed E-state index contributed by atoms with van der Waals surface area (Å²) in [6, 6.07) is 6.87. The highest BCUT2D eigenvalue weighted by Gasteiger charge is 2.23. The number of nitrogens with one attached hydrogen (secondary N) is 1. The molecule has 33 heavy (non-hydrogen) atoms. The zero-order valence-corrected chi connectivity index (χ0v) is 27.7. The van der Waals surface area contributed by atoms with Crippen molar-refractivity contribution in [1.29, 1.82) is 0 Å². The third-order valence-corrected chi connectivity index (χ3v) is 9.33. The normalized spacial score (nSPS) is 12.2. The van der Waals surface area contributed by atoms with E-state index in [4.69, 9.17) is 9.47 Å². The van der Waals surface area contributed by atoms with Crippen LogP contribution in [0.1, 0.15) is 5.56 Å². The predicted molar refractivity (Wildman–Crippen MR) is 163 cm³/mol. The number of aliphatic carboxylic acids is 1. The van der Waals surface area contributed by atoms with Crippen molar-refractivity contribution in [3.05, 3.63) is 44.1 Å². The maximum Gasteiger partial charge on any atom is 0.407 e. The van der Waals surface area contributed by atoms with Gasteiger partial charge in [-0.3, -0.25) is 0 Å². The van der Waals surface area contributed by atoms with E-state index in [0.29, 0.717) is 18.6 Å². The SMILES string of the molecule is C[Si](C)(C)CCOC(=O)N[C@@H](Cc1cc(I)c(Oc2cc(I)c(O)c(I)c2)c(I)c1)C(=O)O. The fraction of sp³-hybridized carbons (Fsp3) is 0.333. The summed E-state index contributed by atoms with van der Waals surface area (Å²) in [5, 5.41) is 22.0. The minimum atomic E-state index is -1.35. The average molecular weight is 921 g/mol. The second kappa shape index (κ2) is 12.7. The molecule has 0 spiro atoms. The topological polar surface area (TPSA) is 105 Å². The van der Waals surface area contributed by atoms with Crippen LogP contribution < -0.4 is 10.1 Å². The fourth-order valence-electron chi connectivity index (χ4n) is 2.62. The van der Waals surface area contributed by atoms with Crippen LogP contribution in [0.4, 0.5) is 4.79 Å². The number of hydrogen-bond acceptors (Lipinski definition) is 5. The van der Waals surface area contributed by atoms with Crippen LogP contribution in [-0.4, -0.2) is 43.0 Å². The smallest absolute Gasteiger partial charge is 0.407 e. The van der Waals surface area contributed by atoms with Crippen molar-refractivity contribution in [2.45, 2.75) is 38.1 Å². The number of benzene rings is 2. The molecule has 0 aromatic heterocycles. The number of carboxylic acid groups (broad SMARTS) is 1. The van der Waals surface area contributed by atoms with E-state index in [1.165, 1.54) is 0 Å². The number of carboxylic acids is 1. The van der Waals surface area contributed by atoms with E-state index in [1.807, 2.05) is 57.3 Å². The Bertz CT molecular complexity index is 998. The molecule has 0 aliphatic carbocycles. The van der Waals surface area contributed by atoms with E-state index in [1.54, 1.807) is 12.1 Å². The highest BCUT2D eigenvalue weighted by Crippen LogP contribution is 2.37. The number of aromatic hydroxyl groups is 1. The van der Waals surface area contributed by atoms with Gasteiger partial charge in [0.05, 0.1) is 20.9 Å². The molecular weight excluding hydrogens is 898 g/mol. The summed E-state index contributed by atoms with van der Waals surface area (Å²) in [7, 11) is -1.35. The lowest BCUT2D eigenvalue weighted by Crippen LogP contribution is -2.43. The number of halogens is 4. The lowest BCUT2D eigenvalue weighted by atomic mass is 10.1. The van der Waals surface area contributed by atoms with Gasteiger partial charge in [0.15, 0.2) is 5.75 Å². The zero-order valence-electron chi connectivity index (χ0n) is 18.0. The van der Waals surface area contributed by atoms with Gasteiger partial charge < -0.3 is 25.0 Å². The van der Waals surface area contributed by atoms with Crippen LogP contribution in [0.3, 0.4) is 0 Å². The number of carbonyl (C=O) groups is 2. The maximum atomic E-state index is 12.1. The van der Waals surface area contributed by atoms with Gasteiger partial charge in [-0.25, -0.2) is 9.59 Å². The Morgan fingerprint density at radius 3 is 2.03 bits per heavy atom. The number of carbonyl (C=O) groups excluding carboxylic acids is 1. The monoisotopic (exact) mass is 921 g/mol. The molecule has 0 unspecified atom stereocenters. The van der Waals surface area contributed by atoms with Gasteiger partial charge in [-0.1, -0.05) is 19.6 Å². The fourth-order valence-corrected chi connectivity index (χ4v) is 7.16. The number of ether oxygens (including phenoxy) is 2. The van der Waals surface area contributed by atoms with E-state index >= 15 is 0 Å². The molecule has 0 saturated carbocycles. The Hall–Kier alpha value is -0.0831. The van der Waals surface area contributed by atoms with Crippen molar-refractivity contribution in [2.24, 2.45) is 0 Å². The van der Waals surface area contributed by atoms with E-state index in [9.17, 15) is 19.8 Å². The molecule has 2 aromatic rings. The molecule has 2 rings (SSSR count). The second-order valence-corrected chi connectivity index (χ2v) is 18.7. The van der Waals surface area contributed by atoms with Crippen molar-refractivity contribution in [3.8, 4) is 17.2 Å². The summed E-state index contributed by atoms with van der Waals surface area (Å²) >= 11 is 8.37. The first kappa shape index (κ1) is 29.1. The standard InChI is InChI=1S/C21H23I4NO6Si/c1-33(2,3)5-4-31-21(30)26-17(20(28)29)8-11-6-15(24)19(16(25)7-11)32-12-9-13(22)18(27)14(23)10-12/h6-7,9-10,17,27H,4-5,8H2,1-3H3,(H,26,30)(H,28,29)/t17-/m0/s1. The van der Waals surface area contributed by atoms with E-state index in [-0.39, 0.29) is 18.8 Å². The number of rotatable bonds is 9. The van der Waals surface area contributed by atoms with Crippen molar-refractivity contribution >= 4 is 110 Å². The third kappa shape index (κ3) is 9.47. The van der Waals surface area contributed by atoms with Crippen molar-refractivity contribution in [1.82, 2.24) is 5.32 Å². The summed E-state index contributed by atoms with van der Waals surface area (Å²) < 4.78 is 14.2. The molecular formula is C21H23I4NO6Si. The Morgan fingerprint density at radius 1 is 1.00 bits per heavy atom. The molecule has 12 heteroatoms. The number of alkyl carbamates (subject to hydrolysis) is 1. The van der Waals surface area contributed by atoms with Gasteiger partial charge in [0.2, 0.25) is 0 Å². The molecule has 0 aliphatic heterocycles. The van der Waals surface area contributed by atoms with Crippen molar-refractivity contribution < 1.29 is 29.3 Å². The zero-order chi connectivity index (χ0) is 24.9. The van der Waals surface area contributed by atoms with Crippen LogP contribution in [0.5, 0.6) is 17.2 Å². The second-order valence-electron chi connectivity index (χ2n) is 8.41. The van der Waals surface area contributed by atoms with E-state index in [0.717, 1.165) is 18.7 Å².